The summed E-state index contributed by atoms with van der Waals surface area (Å²) in [5.74, 6) is 0. The van der Waals surface area contributed by atoms with Crippen LogP contribution in [0.2, 0.25) is 0 Å². The number of hydrogen-bond donors (Lipinski definition) is 0. The van der Waals surface area contributed by atoms with Gasteiger partial charge in [-0.3, -0.25) is 0 Å². The molecule has 1 atom stereocenters. The Hall–Kier alpha value is -2.94. The van der Waals surface area contributed by atoms with Crippen molar-refractivity contribution in [3.63, 3.8) is 0 Å². The average Bonchev–Trinajstić information content (AvgIpc) is 3.01. The highest BCUT2D eigenvalue weighted by molar-refractivity contribution is 5.73. The Kier molecular flexibility index (Phi) is 3.39. The first-order chi connectivity index (χ1) is 11.3. The molecule has 0 saturated heterocycles. The Labute approximate surface area is 135 Å². The standard InChI is InChI=1S/C20H17N3/c1-15-11-13-17(14-12-15)20(16-7-3-2-4-8-16)23-21-18-9-5-6-10-19(18)22-23/h2-14,20H,1H3. The molecule has 3 heteroatoms. The zero-order valence-corrected chi connectivity index (χ0v) is 12.9. The van der Waals surface area contributed by atoms with Crippen molar-refractivity contribution < 1.29 is 0 Å². The van der Waals surface area contributed by atoms with Crippen LogP contribution in [-0.4, -0.2) is 15.0 Å². The fraction of sp³-hybridized carbons (Fsp3) is 0.100. The minimum absolute atomic E-state index is 0.0239. The predicted octanol–water partition coefficient (Wildman–Crippen LogP) is 4.38. The first-order valence-electron chi connectivity index (χ1n) is 7.74. The van der Waals surface area contributed by atoms with Crippen LogP contribution >= 0.6 is 0 Å². The van der Waals surface area contributed by atoms with E-state index in [1.807, 2.05) is 35.1 Å². The minimum Gasteiger partial charge on any atom is -0.172 e. The van der Waals surface area contributed by atoms with Crippen LogP contribution < -0.4 is 0 Å². The molecule has 0 aliphatic heterocycles. The Bertz CT molecular complexity index is 891. The van der Waals surface area contributed by atoms with Gasteiger partial charge in [-0.2, -0.15) is 15.0 Å². The number of hydrogen-bond acceptors (Lipinski definition) is 2. The van der Waals surface area contributed by atoms with E-state index in [9.17, 15) is 0 Å². The van der Waals surface area contributed by atoms with Crippen molar-refractivity contribution in [2.45, 2.75) is 13.0 Å². The van der Waals surface area contributed by atoms with Gasteiger partial charge in [0.1, 0.15) is 17.1 Å². The molecule has 0 radical (unpaired) electrons. The molecule has 0 aliphatic carbocycles. The summed E-state index contributed by atoms with van der Waals surface area (Å²) in [6, 6.07) is 26.9. The third-order valence-electron chi connectivity index (χ3n) is 4.04. The second kappa shape index (κ2) is 5.69. The van der Waals surface area contributed by atoms with E-state index >= 15 is 0 Å². The van der Waals surface area contributed by atoms with Gasteiger partial charge in [0.25, 0.3) is 0 Å². The SMILES string of the molecule is Cc1ccc(C(c2ccccc2)n2nc3ccccc3n2)cc1. The lowest BCUT2D eigenvalue weighted by Crippen LogP contribution is -2.15. The monoisotopic (exact) mass is 299 g/mol. The van der Waals surface area contributed by atoms with Crippen LogP contribution in [0.4, 0.5) is 0 Å². The van der Waals surface area contributed by atoms with Gasteiger partial charge < -0.3 is 0 Å². The summed E-state index contributed by atoms with van der Waals surface area (Å²) in [4.78, 5) is 1.82. The molecule has 4 aromatic rings. The van der Waals surface area contributed by atoms with Crippen molar-refractivity contribution in [1.82, 2.24) is 15.0 Å². The lowest BCUT2D eigenvalue weighted by molar-refractivity contribution is 0.526. The second-order valence-electron chi connectivity index (χ2n) is 5.73. The molecular formula is C20H17N3. The van der Waals surface area contributed by atoms with Crippen molar-refractivity contribution in [3.05, 3.63) is 95.6 Å². The van der Waals surface area contributed by atoms with Crippen molar-refractivity contribution in [2.24, 2.45) is 0 Å². The van der Waals surface area contributed by atoms with Gasteiger partial charge in [-0.15, -0.1) is 0 Å². The molecule has 1 unspecified atom stereocenters. The van der Waals surface area contributed by atoms with Crippen LogP contribution in [0.1, 0.15) is 22.7 Å². The lowest BCUT2D eigenvalue weighted by Gasteiger charge is -2.17. The van der Waals surface area contributed by atoms with E-state index < -0.39 is 0 Å². The number of aromatic nitrogens is 3. The van der Waals surface area contributed by atoms with Crippen molar-refractivity contribution in [2.75, 3.05) is 0 Å². The van der Waals surface area contributed by atoms with Crippen molar-refractivity contribution >= 4 is 11.0 Å². The maximum Gasteiger partial charge on any atom is 0.122 e. The van der Waals surface area contributed by atoms with Gasteiger partial charge >= 0.3 is 0 Å². The van der Waals surface area contributed by atoms with Crippen molar-refractivity contribution in [1.29, 1.82) is 0 Å². The van der Waals surface area contributed by atoms with Crippen LogP contribution in [0, 0.1) is 6.92 Å². The molecule has 4 rings (SSSR count). The topological polar surface area (TPSA) is 30.7 Å². The van der Waals surface area contributed by atoms with E-state index in [-0.39, 0.29) is 6.04 Å². The van der Waals surface area contributed by atoms with E-state index in [0.29, 0.717) is 0 Å². The lowest BCUT2D eigenvalue weighted by atomic mass is 9.98. The third kappa shape index (κ3) is 2.61. The van der Waals surface area contributed by atoms with Gasteiger partial charge in [-0.1, -0.05) is 72.3 Å². The molecule has 1 heterocycles. The predicted molar refractivity (Wildman–Crippen MR) is 92.4 cm³/mol. The van der Waals surface area contributed by atoms with Crippen LogP contribution in [0.5, 0.6) is 0 Å². The summed E-state index contributed by atoms with van der Waals surface area (Å²) in [6.45, 7) is 2.10. The molecule has 0 fully saturated rings. The summed E-state index contributed by atoms with van der Waals surface area (Å²) >= 11 is 0. The fourth-order valence-corrected chi connectivity index (χ4v) is 2.84. The van der Waals surface area contributed by atoms with E-state index in [2.05, 4.69) is 55.5 Å². The molecular weight excluding hydrogens is 282 g/mol. The van der Waals surface area contributed by atoms with Crippen LogP contribution in [0.3, 0.4) is 0 Å². The summed E-state index contributed by atoms with van der Waals surface area (Å²) < 4.78 is 0. The zero-order valence-electron chi connectivity index (χ0n) is 12.9. The normalized spacial score (nSPS) is 12.4. The zero-order chi connectivity index (χ0) is 15.6. The maximum atomic E-state index is 4.69. The fourth-order valence-electron chi connectivity index (χ4n) is 2.84. The molecule has 23 heavy (non-hydrogen) atoms. The van der Waals surface area contributed by atoms with Crippen LogP contribution in [-0.2, 0) is 0 Å². The van der Waals surface area contributed by atoms with E-state index in [0.717, 1.165) is 11.0 Å². The second-order valence-corrected chi connectivity index (χ2v) is 5.73. The molecule has 3 aromatic carbocycles. The molecule has 0 bridgehead atoms. The molecule has 1 aromatic heterocycles. The van der Waals surface area contributed by atoms with Crippen LogP contribution in [0.15, 0.2) is 78.9 Å². The van der Waals surface area contributed by atoms with Crippen LogP contribution in [0.25, 0.3) is 11.0 Å². The number of benzene rings is 3. The first kappa shape index (κ1) is 13.7. The highest BCUT2D eigenvalue weighted by Crippen LogP contribution is 2.26. The molecule has 0 aliphatic rings. The van der Waals surface area contributed by atoms with Crippen molar-refractivity contribution in [3.8, 4) is 0 Å². The number of rotatable bonds is 3. The highest BCUT2D eigenvalue weighted by Gasteiger charge is 2.19. The number of aryl methyl sites for hydroxylation is 1. The molecule has 112 valence electrons. The molecule has 3 nitrogen and oxygen atoms in total. The van der Waals surface area contributed by atoms with Gasteiger partial charge in [-0.05, 0) is 30.2 Å². The average molecular weight is 299 g/mol. The smallest absolute Gasteiger partial charge is 0.122 e. The highest BCUT2D eigenvalue weighted by atomic mass is 15.5. The Morgan fingerprint density at radius 2 is 1.17 bits per heavy atom. The van der Waals surface area contributed by atoms with Gasteiger partial charge in [0.05, 0.1) is 0 Å². The molecule has 0 amide bonds. The summed E-state index contributed by atoms with van der Waals surface area (Å²) in [6.07, 6.45) is 0. The molecule has 0 saturated carbocycles. The van der Waals surface area contributed by atoms with Gasteiger partial charge in [0, 0.05) is 0 Å². The van der Waals surface area contributed by atoms with Gasteiger partial charge in [0.15, 0.2) is 0 Å². The third-order valence-corrected chi connectivity index (χ3v) is 4.04. The number of nitrogens with zero attached hydrogens (tertiary/aromatic N) is 3. The number of fused-ring (bicyclic) bond motifs is 1. The quantitative estimate of drug-likeness (QED) is 0.562. The summed E-state index contributed by atoms with van der Waals surface area (Å²) in [7, 11) is 0. The largest absolute Gasteiger partial charge is 0.172 e. The molecule has 0 N–H and O–H groups in total. The molecule has 0 spiro atoms. The Balaban J connectivity index is 1.89. The van der Waals surface area contributed by atoms with E-state index in [4.69, 9.17) is 10.2 Å². The maximum absolute atomic E-state index is 4.69. The minimum atomic E-state index is -0.0239. The van der Waals surface area contributed by atoms with Gasteiger partial charge in [-0.25, -0.2) is 0 Å². The summed E-state index contributed by atoms with van der Waals surface area (Å²) in [5.41, 5.74) is 5.44. The Morgan fingerprint density at radius 3 is 1.78 bits per heavy atom. The summed E-state index contributed by atoms with van der Waals surface area (Å²) in [5, 5.41) is 9.39. The van der Waals surface area contributed by atoms with Gasteiger partial charge in [0.2, 0.25) is 0 Å². The van der Waals surface area contributed by atoms with E-state index in [1.165, 1.54) is 16.7 Å². The van der Waals surface area contributed by atoms with E-state index in [1.54, 1.807) is 0 Å². The first-order valence-corrected chi connectivity index (χ1v) is 7.74. The Morgan fingerprint density at radius 1 is 0.652 bits per heavy atom.